The Morgan fingerprint density at radius 3 is 2.53 bits per heavy atom. The molecule has 0 aliphatic carbocycles. The monoisotopic (exact) mass is 301 g/mol. The van der Waals surface area contributed by atoms with Crippen LogP contribution in [0, 0.1) is 13.8 Å². The molecule has 0 unspecified atom stereocenters. The molecule has 1 rings (SSSR count). The summed E-state index contributed by atoms with van der Waals surface area (Å²) in [5, 5.41) is 0. The minimum absolute atomic E-state index is 0.00648. The molecule has 1 aromatic heterocycles. The molecule has 0 spiro atoms. The number of halogens is 1. The number of carbonyl (C=O) groups excluding carboxylic acids is 1. The van der Waals surface area contributed by atoms with Gasteiger partial charge < -0.3 is 4.90 Å². The standard InChI is InChI=1S/C11H16BrN3O2/c1-7-10(12)8(2)15(11(17)13-7)6-5-9(16)14(3)4/h5-6H2,1-4H3. The highest BCUT2D eigenvalue weighted by Gasteiger charge is 2.11. The number of aryl methyl sites for hydroxylation is 1. The summed E-state index contributed by atoms with van der Waals surface area (Å²) >= 11 is 3.38. The number of hydrogen-bond acceptors (Lipinski definition) is 3. The first-order valence-electron chi connectivity index (χ1n) is 5.28. The van der Waals surface area contributed by atoms with Gasteiger partial charge in [-0.05, 0) is 29.8 Å². The van der Waals surface area contributed by atoms with Crippen molar-refractivity contribution in [1.29, 1.82) is 0 Å². The van der Waals surface area contributed by atoms with Gasteiger partial charge in [-0.15, -0.1) is 0 Å². The van der Waals surface area contributed by atoms with E-state index < -0.39 is 0 Å². The summed E-state index contributed by atoms with van der Waals surface area (Å²) in [6.45, 7) is 3.96. The molecule has 0 aliphatic heterocycles. The second-order valence-electron chi connectivity index (χ2n) is 4.07. The first kappa shape index (κ1) is 13.9. The maximum atomic E-state index is 11.7. The van der Waals surface area contributed by atoms with E-state index in [-0.39, 0.29) is 11.6 Å². The first-order valence-corrected chi connectivity index (χ1v) is 6.07. The quantitative estimate of drug-likeness (QED) is 0.840. The van der Waals surface area contributed by atoms with Crippen molar-refractivity contribution in [1.82, 2.24) is 14.5 Å². The van der Waals surface area contributed by atoms with Gasteiger partial charge >= 0.3 is 5.69 Å². The Kier molecular flexibility index (Phi) is 4.45. The average Bonchev–Trinajstić information content (AvgIpc) is 2.25. The Hall–Kier alpha value is -1.17. The van der Waals surface area contributed by atoms with E-state index in [9.17, 15) is 9.59 Å². The summed E-state index contributed by atoms with van der Waals surface area (Å²) in [5.41, 5.74) is 1.16. The van der Waals surface area contributed by atoms with Crippen LogP contribution in [0.5, 0.6) is 0 Å². The molecule has 5 nitrogen and oxygen atoms in total. The van der Waals surface area contributed by atoms with Crippen molar-refractivity contribution in [2.24, 2.45) is 0 Å². The van der Waals surface area contributed by atoms with Crippen LogP contribution in [0.3, 0.4) is 0 Å². The van der Waals surface area contributed by atoms with Gasteiger partial charge in [-0.3, -0.25) is 9.36 Å². The van der Waals surface area contributed by atoms with Gasteiger partial charge in [0.25, 0.3) is 0 Å². The summed E-state index contributed by atoms with van der Waals surface area (Å²) in [7, 11) is 3.39. The van der Waals surface area contributed by atoms with Gasteiger partial charge in [0.15, 0.2) is 0 Å². The highest BCUT2D eigenvalue weighted by Crippen LogP contribution is 2.16. The van der Waals surface area contributed by atoms with Gasteiger partial charge in [-0.2, -0.15) is 4.98 Å². The van der Waals surface area contributed by atoms with Crippen LogP contribution in [0.2, 0.25) is 0 Å². The number of nitrogens with zero attached hydrogens (tertiary/aromatic N) is 3. The van der Waals surface area contributed by atoms with Crippen LogP contribution in [0.15, 0.2) is 9.27 Å². The van der Waals surface area contributed by atoms with Gasteiger partial charge in [-0.1, -0.05) is 0 Å². The lowest BCUT2D eigenvalue weighted by molar-refractivity contribution is -0.128. The molecule has 17 heavy (non-hydrogen) atoms. The second-order valence-corrected chi connectivity index (χ2v) is 4.86. The molecule has 0 saturated carbocycles. The Labute approximate surface area is 109 Å². The van der Waals surface area contributed by atoms with Crippen molar-refractivity contribution in [3.8, 4) is 0 Å². The molecule has 1 amide bonds. The van der Waals surface area contributed by atoms with Crippen LogP contribution < -0.4 is 5.69 Å². The van der Waals surface area contributed by atoms with Gasteiger partial charge in [-0.25, -0.2) is 4.79 Å². The van der Waals surface area contributed by atoms with Crippen molar-refractivity contribution < 1.29 is 4.79 Å². The summed E-state index contributed by atoms with van der Waals surface area (Å²) in [6.07, 6.45) is 0.297. The molecule has 0 aliphatic rings. The average molecular weight is 302 g/mol. The summed E-state index contributed by atoms with van der Waals surface area (Å²) in [5.74, 6) is -0.00648. The van der Waals surface area contributed by atoms with Crippen molar-refractivity contribution in [3.05, 3.63) is 26.3 Å². The molecule has 0 saturated heterocycles. The van der Waals surface area contributed by atoms with E-state index >= 15 is 0 Å². The molecule has 6 heteroatoms. The minimum Gasteiger partial charge on any atom is -0.349 e. The zero-order valence-corrected chi connectivity index (χ0v) is 12.0. The van der Waals surface area contributed by atoms with Gasteiger partial charge in [0.05, 0.1) is 10.2 Å². The van der Waals surface area contributed by atoms with E-state index in [4.69, 9.17) is 0 Å². The highest BCUT2D eigenvalue weighted by atomic mass is 79.9. The fourth-order valence-corrected chi connectivity index (χ4v) is 1.77. The summed E-state index contributed by atoms with van der Waals surface area (Å²) in [6, 6.07) is 0. The third-order valence-corrected chi connectivity index (χ3v) is 3.73. The van der Waals surface area contributed by atoms with Crippen molar-refractivity contribution in [3.63, 3.8) is 0 Å². The smallest absolute Gasteiger partial charge is 0.348 e. The molecule has 0 atom stereocenters. The predicted molar refractivity (Wildman–Crippen MR) is 69.0 cm³/mol. The molecular weight excluding hydrogens is 286 g/mol. The van der Waals surface area contributed by atoms with Gasteiger partial charge in [0.1, 0.15) is 0 Å². The minimum atomic E-state index is -0.310. The van der Waals surface area contributed by atoms with E-state index in [1.165, 1.54) is 9.47 Å². The molecule has 1 aromatic rings. The van der Waals surface area contributed by atoms with Crippen molar-refractivity contribution >= 4 is 21.8 Å². The Morgan fingerprint density at radius 2 is 2.00 bits per heavy atom. The molecule has 94 valence electrons. The largest absolute Gasteiger partial charge is 0.349 e. The third-order valence-electron chi connectivity index (χ3n) is 2.58. The van der Waals surface area contributed by atoms with E-state index in [0.29, 0.717) is 18.7 Å². The van der Waals surface area contributed by atoms with Gasteiger partial charge in [0.2, 0.25) is 5.91 Å². The van der Waals surface area contributed by atoms with Crippen LogP contribution in [0.1, 0.15) is 17.8 Å². The van der Waals surface area contributed by atoms with E-state index in [2.05, 4.69) is 20.9 Å². The third kappa shape index (κ3) is 3.15. The Bertz CT molecular complexity index is 494. The zero-order chi connectivity index (χ0) is 13.2. The number of hydrogen-bond donors (Lipinski definition) is 0. The molecule has 0 N–H and O–H groups in total. The SMILES string of the molecule is Cc1nc(=O)n(CCC(=O)N(C)C)c(C)c1Br. The number of carbonyl (C=O) groups is 1. The molecule has 0 bridgehead atoms. The van der Waals surface area contributed by atoms with Crippen LogP contribution >= 0.6 is 15.9 Å². The highest BCUT2D eigenvalue weighted by molar-refractivity contribution is 9.10. The second kappa shape index (κ2) is 5.44. The molecular formula is C11H16BrN3O2. The van der Waals surface area contributed by atoms with Crippen molar-refractivity contribution in [2.45, 2.75) is 26.8 Å². The zero-order valence-electron chi connectivity index (χ0n) is 10.5. The number of rotatable bonds is 3. The van der Waals surface area contributed by atoms with Gasteiger partial charge in [0, 0.05) is 32.8 Å². The number of amides is 1. The molecule has 1 heterocycles. The molecule has 0 aromatic carbocycles. The van der Waals surface area contributed by atoms with Crippen LogP contribution in [-0.4, -0.2) is 34.5 Å². The number of aromatic nitrogens is 2. The first-order chi connectivity index (χ1) is 7.84. The van der Waals surface area contributed by atoms with Crippen molar-refractivity contribution in [2.75, 3.05) is 14.1 Å². The molecule has 0 radical (unpaired) electrons. The topological polar surface area (TPSA) is 55.2 Å². The maximum absolute atomic E-state index is 11.7. The summed E-state index contributed by atoms with van der Waals surface area (Å²) < 4.78 is 2.33. The Morgan fingerprint density at radius 1 is 1.41 bits per heavy atom. The molecule has 0 fully saturated rings. The maximum Gasteiger partial charge on any atom is 0.348 e. The van der Waals surface area contributed by atoms with E-state index in [1.807, 2.05) is 6.92 Å². The Balaban J connectivity index is 2.97. The van der Waals surface area contributed by atoms with Crippen LogP contribution in [0.25, 0.3) is 0 Å². The summed E-state index contributed by atoms with van der Waals surface area (Å²) in [4.78, 5) is 28.6. The fourth-order valence-electron chi connectivity index (χ4n) is 1.47. The van der Waals surface area contributed by atoms with E-state index in [0.717, 1.165) is 10.2 Å². The lowest BCUT2D eigenvalue weighted by Gasteiger charge is -2.14. The lowest BCUT2D eigenvalue weighted by Crippen LogP contribution is -2.30. The lowest BCUT2D eigenvalue weighted by atomic mass is 10.3. The van der Waals surface area contributed by atoms with Crippen LogP contribution in [0.4, 0.5) is 0 Å². The fraction of sp³-hybridized carbons (Fsp3) is 0.545. The van der Waals surface area contributed by atoms with Crippen LogP contribution in [-0.2, 0) is 11.3 Å². The predicted octanol–water partition coefficient (Wildman–Crippen LogP) is 1.10. The van der Waals surface area contributed by atoms with E-state index in [1.54, 1.807) is 21.0 Å². The normalized spacial score (nSPS) is 10.4.